The maximum absolute atomic E-state index is 12.3. The molecular weight excluding hydrogens is 348 g/mol. The van der Waals surface area contributed by atoms with Crippen molar-refractivity contribution in [1.29, 1.82) is 0 Å². The van der Waals surface area contributed by atoms with Gasteiger partial charge in [-0.2, -0.15) is 0 Å². The van der Waals surface area contributed by atoms with Crippen LogP contribution in [-0.2, 0) is 9.53 Å². The van der Waals surface area contributed by atoms with Crippen LogP contribution in [-0.4, -0.2) is 74.8 Å². The molecule has 136 valence electrons. The molecule has 0 atom stereocenters. The average Bonchev–Trinajstić information content (AvgIpc) is 2.63. The van der Waals surface area contributed by atoms with Crippen molar-refractivity contribution in [3.05, 3.63) is 33.3 Å². The molecular formula is C16H22ClN4O4+. The van der Waals surface area contributed by atoms with Gasteiger partial charge in [-0.1, -0.05) is 11.6 Å². The number of hydrogen-bond donors (Lipinski definition) is 1. The summed E-state index contributed by atoms with van der Waals surface area (Å²) in [5.74, 6) is 0.181. The first-order valence-corrected chi connectivity index (χ1v) is 8.80. The Morgan fingerprint density at radius 2 is 1.92 bits per heavy atom. The van der Waals surface area contributed by atoms with Gasteiger partial charge in [-0.25, -0.2) is 0 Å². The number of non-ortho nitro benzene ring substituents is 1. The number of benzene rings is 1. The largest absolute Gasteiger partial charge is 0.378 e. The number of halogens is 1. The number of quaternary nitrogens is 1. The molecule has 3 rings (SSSR count). The molecule has 0 aliphatic carbocycles. The third-order valence-electron chi connectivity index (χ3n) is 4.72. The normalized spacial score (nSPS) is 19.1. The Morgan fingerprint density at radius 1 is 1.24 bits per heavy atom. The third-order valence-corrected chi connectivity index (χ3v) is 5.02. The van der Waals surface area contributed by atoms with Gasteiger partial charge in [-0.15, -0.1) is 0 Å². The maximum atomic E-state index is 12.3. The van der Waals surface area contributed by atoms with Crippen LogP contribution in [0.4, 0.5) is 11.4 Å². The van der Waals surface area contributed by atoms with Crippen LogP contribution in [0.5, 0.6) is 0 Å². The molecule has 1 aromatic rings. The Balaban J connectivity index is 1.53. The van der Waals surface area contributed by atoms with Crippen molar-refractivity contribution in [2.24, 2.45) is 0 Å². The Labute approximate surface area is 151 Å². The lowest BCUT2D eigenvalue weighted by atomic mass is 10.2. The quantitative estimate of drug-likeness (QED) is 0.588. The minimum absolute atomic E-state index is 0.00545. The molecule has 0 radical (unpaired) electrons. The number of rotatable bonds is 4. The van der Waals surface area contributed by atoms with Crippen molar-refractivity contribution in [1.82, 2.24) is 4.90 Å². The summed E-state index contributed by atoms with van der Waals surface area (Å²) < 4.78 is 5.28. The number of nitrogens with zero attached hydrogens (tertiary/aromatic N) is 3. The van der Waals surface area contributed by atoms with Crippen molar-refractivity contribution >= 4 is 28.9 Å². The molecule has 9 heteroatoms. The van der Waals surface area contributed by atoms with E-state index in [9.17, 15) is 14.9 Å². The lowest BCUT2D eigenvalue weighted by molar-refractivity contribution is -0.892. The number of carbonyl (C=O) groups excluding carboxylic acids is 1. The zero-order valence-corrected chi connectivity index (χ0v) is 14.7. The highest BCUT2D eigenvalue weighted by molar-refractivity contribution is 6.33. The Kier molecular flexibility index (Phi) is 5.72. The summed E-state index contributed by atoms with van der Waals surface area (Å²) in [6.45, 7) is 6.30. The molecule has 8 nitrogen and oxygen atoms in total. The van der Waals surface area contributed by atoms with Crippen LogP contribution in [0.2, 0.25) is 5.02 Å². The Hall–Kier alpha value is -1.90. The standard InChI is InChI=1S/C16H21ClN4O4/c17-14-11-13(21(23)24)1-2-15(14)19-5-3-18(4-6-19)12-16(22)20-7-9-25-10-8-20/h1-2,11H,3-10,12H2/p+1. The minimum Gasteiger partial charge on any atom is -0.378 e. The number of amides is 1. The number of carbonyl (C=O) groups is 1. The van der Waals surface area contributed by atoms with Crippen molar-refractivity contribution in [3.8, 4) is 0 Å². The van der Waals surface area contributed by atoms with E-state index in [0.717, 1.165) is 31.9 Å². The van der Waals surface area contributed by atoms with Gasteiger partial charge in [0.25, 0.3) is 11.6 Å². The number of morpholine rings is 1. The van der Waals surface area contributed by atoms with Gasteiger partial charge in [0.2, 0.25) is 0 Å². The van der Waals surface area contributed by atoms with E-state index >= 15 is 0 Å². The second kappa shape index (κ2) is 7.99. The fourth-order valence-corrected chi connectivity index (χ4v) is 3.54. The molecule has 1 aromatic carbocycles. The topological polar surface area (TPSA) is 80.4 Å². The fourth-order valence-electron chi connectivity index (χ4n) is 3.24. The number of anilines is 1. The molecule has 0 unspecified atom stereocenters. The fraction of sp³-hybridized carbons (Fsp3) is 0.562. The van der Waals surface area contributed by atoms with Crippen LogP contribution < -0.4 is 9.80 Å². The summed E-state index contributed by atoms with van der Waals surface area (Å²) in [5, 5.41) is 11.2. The lowest BCUT2D eigenvalue weighted by Crippen LogP contribution is -3.16. The number of ether oxygens (including phenoxy) is 1. The molecule has 25 heavy (non-hydrogen) atoms. The monoisotopic (exact) mass is 369 g/mol. The number of piperazine rings is 1. The summed E-state index contributed by atoms with van der Waals surface area (Å²) in [6, 6.07) is 4.56. The van der Waals surface area contributed by atoms with E-state index in [0.29, 0.717) is 37.9 Å². The predicted octanol–water partition coefficient (Wildman–Crippen LogP) is -0.188. The molecule has 0 spiro atoms. The highest BCUT2D eigenvalue weighted by Gasteiger charge is 2.26. The molecule has 2 fully saturated rings. The molecule has 2 saturated heterocycles. The molecule has 0 saturated carbocycles. The van der Waals surface area contributed by atoms with Crippen molar-refractivity contribution in [3.63, 3.8) is 0 Å². The molecule has 0 aromatic heterocycles. The van der Waals surface area contributed by atoms with E-state index in [1.54, 1.807) is 6.07 Å². The smallest absolute Gasteiger partial charge is 0.277 e. The van der Waals surface area contributed by atoms with Crippen LogP contribution in [0.3, 0.4) is 0 Å². The SMILES string of the molecule is O=C(C[NH+]1CCN(c2ccc([N+](=O)[O-])cc2Cl)CC1)N1CCOCC1. The van der Waals surface area contributed by atoms with Crippen molar-refractivity contribution in [2.45, 2.75) is 0 Å². The predicted molar refractivity (Wildman–Crippen MR) is 93.3 cm³/mol. The van der Waals surface area contributed by atoms with Crippen LogP contribution >= 0.6 is 11.6 Å². The van der Waals surface area contributed by atoms with Gasteiger partial charge < -0.3 is 19.4 Å². The van der Waals surface area contributed by atoms with Gasteiger partial charge in [0, 0.05) is 25.2 Å². The molecule has 0 bridgehead atoms. The van der Waals surface area contributed by atoms with Gasteiger partial charge in [-0.3, -0.25) is 14.9 Å². The number of nitro benzene ring substituents is 1. The van der Waals surface area contributed by atoms with E-state index in [2.05, 4.69) is 4.90 Å². The van der Waals surface area contributed by atoms with Crippen molar-refractivity contribution in [2.75, 3.05) is 63.9 Å². The second-order valence-electron chi connectivity index (χ2n) is 6.30. The van der Waals surface area contributed by atoms with Crippen LogP contribution in [0, 0.1) is 10.1 Å². The van der Waals surface area contributed by atoms with E-state index in [4.69, 9.17) is 16.3 Å². The average molecular weight is 370 g/mol. The highest BCUT2D eigenvalue weighted by Crippen LogP contribution is 2.29. The Morgan fingerprint density at radius 3 is 2.52 bits per heavy atom. The van der Waals surface area contributed by atoms with Crippen LogP contribution in [0.15, 0.2) is 18.2 Å². The van der Waals surface area contributed by atoms with Crippen LogP contribution in [0.1, 0.15) is 0 Å². The van der Waals surface area contributed by atoms with E-state index in [-0.39, 0.29) is 11.6 Å². The summed E-state index contributed by atoms with van der Waals surface area (Å²) in [5.41, 5.74) is 0.806. The summed E-state index contributed by atoms with van der Waals surface area (Å²) >= 11 is 6.20. The van der Waals surface area contributed by atoms with Gasteiger partial charge in [-0.05, 0) is 6.07 Å². The molecule has 2 heterocycles. The van der Waals surface area contributed by atoms with Crippen LogP contribution in [0.25, 0.3) is 0 Å². The van der Waals surface area contributed by atoms with Gasteiger partial charge in [0.05, 0.1) is 55.0 Å². The molecule has 1 amide bonds. The first kappa shape index (κ1) is 17.9. The van der Waals surface area contributed by atoms with E-state index in [1.165, 1.54) is 17.0 Å². The zero-order chi connectivity index (χ0) is 17.8. The summed E-state index contributed by atoms with van der Waals surface area (Å²) in [4.78, 5) is 27.9. The highest BCUT2D eigenvalue weighted by atomic mass is 35.5. The van der Waals surface area contributed by atoms with E-state index < -0.39 is 4.92 Å². The van der Waals surface area contributed by atoms with Gasteiger partial charge in [0.15, 0.2) is 6.54 Å². The molecule has 2 aliphatic heterocycles. The number of nitrogens with one attached hydrogen (secondary N) is 1. The summed E-state index contributed by atoms with van der Waals surface area (Å²) in [6.07, 6.45) is 0. The maximum Gasteiger partial charge on any atom is 0.277 e. The number of hydrogen-bond acceptors (Lipinski definition) is 5. The number of nitro groups is 1. The zero-order valence-electron chi connectivity index (χ0n) is 13.9. The van der Waals surface area contributed by atoms with E-state index in [1.807, 2.05) is 4.90 Å². The first-order valence-electron chi connectivity index (χ1n) is 8.42. The summed E-state index contributed by atoms with van der Waals surface area (Å²) in [7, 11) is 0. The Bertz CT molecular complexity index is 643. The first-order chi connectivity index (χ1) is 12.0. The minimum atomic E-state index is -0.449. The van der Waals surface area contributed by atoms with Crippen molar-refractivity contribution < 1.29 is 19.4 Å². The van der Waals surface area contributed by atoms with Gasteiger partial charge in [0.1, 0.15) is 0 Å². The third kappa shape index (κ3) is 4.39. The second-order valence-corrected chi connectivity index (χ2v) is 6.71. The molecule has 2 aliphatic rings. The van der Waals surface area contributed by atoms with Gasteiger partial charge >= 0.3 is 0 Å². The lowest BCUT2D eigenvalue weighted by Gasteiger charge is -2.35. The molecule has 1 N–H and O–H groups in total.